The Morgan fingerprint density at radius 3 is 0.789 bits per heavy atom. The van der Waals surface area contributed by atoms with E-state index in [4.69, 9.17) is 148 Å². The molecule has 2 nitrogen and oxygen atoms in total. The van der Waals surface area contributed by atoms with Crippen LogP contribution in [0.15, 0.2) is 0 Å². The predicted octanol–water partition coefficient (Wildman–Crippen LogP) is 6.94. The van der Waals surface area contributed by atoms with Crippen LogP contribution in [-0.4, -0.2) is 23.3 Å². The molecule has 0 rings (SSSR count). The molecule has 0 aliphatic carbocycles. The lowest BCUT2D eigenvalue weighted by Gasteiger charge is -2.43. The summed E-state index contributed by atoms with van der Waals surface area (Å²) in [5, 5.41) is 0. The molecule has 0 aromatic heterocycles. The van der Waals surface area contributed by atoms with Crippen LogP contribution in [0.4, 0.5) is 0 Å². The summed E-state index contributed by atoms with van der Waals surface area (Å²) in [6.07, 6.45) is 0. The molecular formula is C4Cl12O2Si. The van der Waals surface area contributed by atoms with Crippen molar-refractivity contribution in [2.45, 2.75) is 14.8 Å². The highest BCUT2D eigenvalue weighted by atomic mass is 35.6. The maximum atomic E-state index is 5.69. The third-order valence-electron chi connectivity index (χ3n) is 1.27. The van der Waals surface area contributed by atoms with Crippen LogP contribution in [-0.2, 0) is 8.85 Å². The van der Waals surface area contributed by atoms with E-state index in [0.29, 0.717) is 0 Å². The number of hydrogen-bond acceptors (Lipinski definition) is 2. The molecule has 0 heterocycles. The maximum absolute atomic E-state index is 5.69. The van der Waals surface area contributed by atoms with Gasteiger partial charge in [0, 0.05) is 0 Å². The normalized spacial score (nSPS) is 15.8. The quantitative estimate of drug-likeness (QED) is 0.283. The first-order chi connectivity index (χ1) is 7.91. The van der Waals surface area contributed by atoms with Crippen LogP contribution in [0.5, 0.6) is 0 Å². The van der Waals surface area contributed by atoms with Crippen molar-refractivity contribution in [3.05, 3.63) is 0 Å². The average Bonchev–Trinajstić information content (AvgIpc) is 1.91. The van der Waals surface area contributed by atoms with Gasteiger partial charge in [-0.1, -0.05) is 139 Å². The number of hydrogen-bond donors (Lipinski definition) is 0. The highest BCUT2D eigenvalue weighted by Gasteiger charge is 2.73. The highest BCUT2D eigenvalue weighted by Crippen LogP contribution is 2.56. The van der Waals surface area contributed by atoms with Crippen LogP contribution >= 0.6 is 139 Å². The van der Waals surface area contributed by atoms with E-state index in [1.54, 1.807) is 0 Å². The van der Waals surface area contributed by atoms with E-state index in [0.717, 1.165) is 0 Å². The lowest BCUT2D eigenvalue weighted by molar-refractivity contribution is 0.163. The third-order valence-corrected chi connectivity index (χ3v) is 9.66. The second-order valence-corrected chi connectivity index (χ2v) is 16.7. The molecule has 0 spiro atoms. The first-order valence-electron chi connectivity index (χ1n) is 3.58. The van der Waals surface area contributed by atoms with Crippen LogP contribution in [0.1, 0.15) is 0 Å². The number of alkyl halides is 12. The van der Waals surface area contributed by atoms with Crippen LogP contribution < -0.4 is 0 Å². The van der Waals surface area contributed by atoms with E-state index in [2.05, 4.69) is 0 Å². The fraction of sp³-hybridized carbons (Fsp3) is 1.00. The van der Waals surface area contributed by atoms with Gasteiger partial charge in [-0.15, -0.1) is 0 Å². The van der Waals surface area contributed by atoms with Gasteiger partial charge in [0.2, 0.25) is 6.83 Å². The van der Waals surface area contributed by atoms with Crippen LogP contribution in [0.2, 0.25) is 0 Å². The molecule has 0 N–H and O–H groups in total. The minimum atomic E-state index is -4.67. The van der Waals surface area contributed by atoms with Crippen LogP contribution in [0.25, 0.3) is 0 Å². The molecular weight excluding hydrogens is 534 g/mol. The topological polar surface area (TPSA) is 18.5 Å². The van der Waals surface area contributed by atoms with Gasteiger partial charge in [0.05, 0.1) is 0 Å². The van der Waals surface area contributed by atoms with Crippen molar-refractivity contribution in [1.82, 2.24) is 0 Å². The average molecular weight is 534 g/mol. The standard InChI is InChI=1S/C4Cl12O2Si/c5-1(6,7)17-19(3(11,12)13,4(14,15)16)18-2(8,9)10. The summed E-state index contributed by atoms with van der Waals surface area (Å²) in [5.41, 5.74) is 0. The molecule has 15 heteroatoms. The molecule has 0 aliphatic rings. The lowest BCUT2D eigenvalue weighted by Crippen LogP contribution is -2.67. The van der Waals surface area contributed by atoms with E-state index < -0.39 is 23.3 Å². The van der Waals surface area contributed by atoms with E-state index in [9.17, 15) is 0 Å². The van der Waals surface area contributed by atoms with Crippen molar-refractivity contribution >= 4 is 148 Å². The fourth-order valence-electron chi connectivity index (χ4n) is 0.739. The fourth-order valence-corrected chi connectivity index (χ4v) is 9.42. The zero-order valence-electron chi connectivity index (χ0n) is 7.85. The molecule has 0 aromatic rings. The Morgan fingerprint density at radius 2 is 0.684 bits per heavy atom. The van der Waals surface area contributed by atoms with Gasteiger partial charge in [0.25, 0.3) is 7.96 Å². The zero-order chi connectivity index (χ0) is 15.9. The van der Waals surface area contributed by atoms with Gasteiger partial charge in [-0.05, 0) is 0 Å². The second-order valence-electron chi connectivity index (χ2n) is 2.71. The molecule has 0 atom stereocenters. The SMILES string of the molecule is ClC(Cl)(Cl)O[Si](OC(Cl)(Cl)Cl)(C(Cl)(Cl)Cl)C(Cl)(Cl)Cl. The van der Waals surface area contributed by atoms with Gasteiger partial charge in [-0.25, -0.2) is 0 Å². The number of rotatable bonds is 2. The third kappa shape index (κ3) is 7.36. The smallest absolute Gasteiger partial charge is 0.344 e. The van der Waals surface area contributed by atoms with Gasteiger partial charge >= 0.3 is 8.56 Å². The van der Waals surface area contributed by atoms with Crippen LogP contribution in [0, 0.1) is 0 Å². The Labute approximate surface area is 169 Å². The summed E-state index contributed by atoms with van der Waals surface area (Å²) < 4.78 is -0.0882. The minimum Gasteiger partial charge on any atom is -0.344 e. The molecule has 0 saturated heterocycles. The van der Waals surface area contributed by atoms with Crippen molar-refractivity contribution in [3.63, 3.8) is 0 Å². The molecule has 0 saturated carbocycles. The molecule has 0 amide bonds. The Balaban J connectivity index is 5.91. The van der Waals surface area contributed by atoms with Crippen molar-refractivity contribution < 1.29 is 8.85 Å². The molecule has 0 aliphatic heterocycles. The monoisotopic (exact) mass is 528 g/mol. The minimum absolute atomic E-state index is 2.46. The van der Waals surface area contributed by atoms with Crippen molar-refractivity contribution in [1.29, 1.82) is 0 Å². The largest absolute Gasteiger partial charge is 0.450 e. The van der Waals surface area contributed by atoms with Gasteiger partial charge in [-0.3, -0.25) is 0 Å². The van der Waals surface area contributed by atoms with Gasteiger partial charge in [-0.2, -0.15) is 0 Å². The Kier molecular flexibility index (Phi) is 8.62. The predicted molar refractivity (Wildman–Crippen MR) is 89.1 cm³/mol. The summed E-state index contributed by atoms with van der Waals surface area (Å²) in [6.45, 7) is 0. The summed E-state index contributed by atoms with van der Waals surface area (Å²) in [6, 6.07) is 0. The van der Waals surface area contributed by atoms with Crippen LogP contribution in [0.3, 0.4) is 0 Å². The molecule has 0 radical (unpaired) electrons. The van der Waals surface area contributed by atoms with E-state index in [-0.39, 0.29) is 0 Å². The van der Waals surface area contributed by atoms with Gasteiger partial charge in [0.1, 0.15) is 0 Å². The zero-order valence-corrected chi connectivity index (χ0v) is 17.9. The Hall–Kier alpha value is 3.62. The summed E-state index contributed by atoms with van der Waals surface area (Å²) in [5.74, 6) is 0. The Morgan fingerprint density at radius 1 is 0.474 bits per heavy atom. The molecule has 116 valence electrons. The summed E-state index contributed by atoms with van der Waals surface area (Å²) >= 11 is 66.8. The molecule has 0 bridgehead atoms. The lowest BCUT2D eigenvalue weighted by atomic mass is 11.6. The van der Waals surface area contributed by atoms with Crippen molar-refractivity contribution in [2.24, 2.45) is 0 Å². The summed E-state index contributed by atoms with van der Waals surface area (Å²) in [7, 11) is -4.67. The molecule has 0 aromatic carbocycles. The second kappa shape index (κ2) is 7.24. The van der Waals surface area contributed by atoms with E-state index in [1.165, 1.54) is 0 Å². The van der Waals surface area contributed by atoms with Gasteiger partial charge < -0.3 is 8.85 Å². The van der Waals surface area contributed by atoms with Crippen molar-refractivity contribution in [2.75, 3.05) is 0 Å². The van der Waals surface area contributed by atoms with Crippen molar-refractivity contribution in [3.8, 4) is 0 Å². The summed E-state index contributed by atoms with van der Waals surface area (Å²) in [4.78, 5) is 0. The Bertz CT molecular complexity index is 276. The first-order valence-corrected chi connectivity index (χ1v) is 9.94. The van der Waals surface area contributed by atoms with Gasteiger partial charge in [0.15, 0.2) is 0 Å². The van der Waals surface area contributed by atoms with E-state index >= 15 is 0 Å². The number of halogens is 12. The molecule has 0 fully saturated rings. The molecule has 0 unspecified atom stereocenters. The highest BCUT2D eigenvalue weighted by molar-refractivity contribution is 7.12. The maximum Gasteiger partial charge on any atom is 0.450 e. The molecule has 19 heavy (non-hydrogen) atoms. The van der Waals surface area contributed by atoms with E-state index in [1.807, 2.05) is 0 Å². The first kappa shape index (κ1) is 22.6.